The Morgan fingerprint density at radius 3 is 2.13 bits per heavy atom. The van der Waals surface area contributed by atoms with E-state index in [1.165, 1.54) is 11.0 Å². The maximum absolute atomic E-state index is 14.1. The van der Waals surface area contributed by atoms with Gasteiger partial charge in [-0.25, -0.2) is 4.39 Å². The third-order valence-electron chi connectivity index (χ3n) is 6.26. The van der Waals surface area contributed by atoms with Gasteiger partial charge in [0, 0.05) is 54.6 Å². The Bertz CT molecular complexity index is 1460. The van der Waals surface area contributed by atoms with Crippen LogP contribution in [0.3, 0.4) is 0 Å². The van der Waals surface area contributed by atoms with Crippen molar-refractivity contribution in [2.24, 2.45) is 0 Å². The first-order valence-electron chi connectivity index (χ1n) is 12.5. The number of carbonyl (C=O) groups is 3. The number of aliphatic carboxylic acids is 1. The Hall–Kier alpha value is -4.85. The predicted molar refractivity (Wildman–Crippen MR) is 146 cm³/mol. The summed E-state index contributed by atoms with van der Waals surface area (Å²) in [6.45, 7) is 0.319. The summed E-state index contributed by atoms with van der Waals surface area (Å²) in [5, 5.41) is 12.0. The molecule has 0 unspecified atom stereocenters. The van der Waals surface area contributed by atoms with E-state index >= 15 is 0 Å². The van der Waals surface area contributed by atoms with Gasteiger partial charge in [-0.05, 0) is 41.5 Å². The molecule has 7 nitrogen and oxygen atoms in total. The van der Waals surface area contributed by atoms with Gasteiger partial charge in [0.2, 0.25) is 0 Å². The molecule has 0 bridgehead atoms. The molecule has 0 aliphatic rings. The summed E-state index contributed by atoms with van der Waals surface area (Å²) in [5.74, 6) is -2.16. The van der Waals surface area contributed by atoms with Gasteiger partial charge in [-0.1, -0.05) is 60.7 Å². The smallest absolute Gasteiger partial charge is 0.305 e. The largest absolute Gasteiger partial charge is 0.481 e. The minimum absolute atomic E-state index is 0.0108. The van der Waals surface area contributed by atoms with Crippen molar-refractivity contribution < 1.29 is 23.9 Å². The Morgan fingerprint density at radius 2 is 1.44 bits per heavy atom. The third-order valence-corrected chi connectivity index (χ3v) is 6.26. The van der Waals surface area contributed by atoms with E-state index in [-0.39, 0.29) is 32.0 Å². The summed E-state index contributed by atoms with van der Waals surface area (Å²) in [4.78, 5) is 44.1. The highest BCUT2D eigenvalue weighted by molar-refractivity contribution is 6.06. The van der Waals surface area contributed by atoms with Crippen LogP contribution in [0.2, 0.25) is 0 Å². The van der Waals surface area contributed by atoms with Crippen LogP contribution in [0.5, 0.6) is 0 Å². The van der Waals surface area contributed by atoms with Crippen LogP contribution >= 0.6 is 0 Å². The van der Waals surface area contributed by atoms with E-state index in [0.29, 0.717) is 34.2 Å². The van der Waals surface area contributed by atoms with Crippen molar-refractivity contribution in [2.45, 2.75) is 19.4 Å². The number of rotatable bonds is 11. The maximum atomic E-state index is 14.1. The number of carboxylic acid groups (broad SMARTS) is 1. The van der Waals surface area contributed by atoms with Crippen LogP contribution in [-0.2, 0) is 17.8 Å². The topological polar surface area (TPSA) is 99.6 Å². The molecule has 0 aliphatic heterocycles. The maximum Gasteiger partial charge on any atom is 0.305 e. The molecular formula is C31H28FN3O4. The predicted octanol–water partition coefficient (Wildman–Crippen LogP) is 4.98. The van der Waals surface area contributed by atoms with Gasteiger partial charge in [0.25, 0.3) is 11.8 Å². The number of hydrogen-bond donors (Lipinski definition) is 2. The number of carbonyl (C=O) groups excluding carboxylic acids is 2. The summed E-state index contributed by atoms with van der Waals surface area (Å²) in [6, 6.07) is 25.5. The van der Waals surface area contributed by atoms with Crippen LogP contribution in [0.1, 0.15) is 38.4 Å². The first-order valence-corrected chi connectivity index (χ1v) is 12.5. The lowest BCUT2D eigenvalue weighted by Gasteiger charge is -2.24. The number of halogens is 1. The molecule has 0 saturated carbocycles. The summed E-state index contributed by atoms with van der Waals surface area (Å²) in [6.07, 6.45) is 1.93. The van der Waals surface area contributed by atoms with Crippen molar-refractivity contribution in [1.82, 2.24) is 15.2 Å². The zero-order chi connectivity index (χ0) is 27.6. The summed E-state index contributed by atoms with van der Waals surface area (Å²) >= 11 is 0. The third kappa shape index (κ3) is 7.13. The van der Waals surface area contributed by atoms with Gasteiger partial charge >= 0.3 is 5.97 Å². The minimum atomic E-state index is -1.00. The van der Waals surface area contributed by atoms with E-state index in [1.54, 1.807) is 79.0 Å². The van der Waals surface area contributed by atoms with E-state index in [4.69, 9.17) is 0 Å². The standard InChI is InChI=1S/C31H28FN3O4/c32-28-15-6-1-9-22(28)21-34-30(38)26-13-4-2-11-24(26)25-12-3-5-14-27(25)31(39)35(20-17-29(36)37)19-16-23-10-7-8-18-33-23/h1-15,18H,16-17,19-21H2,(H,34,38)(H,36,37). The van der Waals surface area contributed by atoms with Crippen molar-refractivity contribution >= 4 is 17.8 Å². The van der Waals surface area contributed by atoms with Crippen LogP contribution in [0.25, 0.3) is 11.1 Å². The molecule has 0 atom stereocenters. The highest BCUT2D eigenvalue weighted by atomic mass is 19.1. The van der Waals surface area contributed by atoms with Gasteiger partial charge in [-0.15, -0.1) is 0 Å². The Morgan fingerprint density at radius 1 is 0.795 bits per heavy atom. The quantitative estimate of drug-likeness (QED) is 0.288. The normalized spacial score (nSPS) is 10.6. The van der Waals surface area contributed by atoms with Crippen LogP contribution in [0.4, 0.5) is 4.39 Å². The van der Waals surface area contributed by atoms with E-state index < -0.39 is 17.7 Å². The van der Waals surface area contributed by atoms with Crippen LogP contribution in [-0.4, -0.2) is 45.9 Å². The lowest BCUT2D eigenvalue weighted by molar-refractivity contribution is -0.137. The average molecular weight is 526 g/mol. The Labute approximate surface area is 225 Å². The molecule has 198 valence electrons. The van der Waals surface area contributed by atoms with Gasteiger partial charge in [-0.2, -0.15) is 0 Å². The van der Waals surface area contributed by atoms with Crippen LogP contribution < -0.4 is 5.32 Å². The first kappa shape index (κ1) is 27.2. The molecule has 0 aliphatic carbocycles. The summed E-state index contributed by atoms with van der Waals surface area (Å²) in [7, 11) is 0. The monoisotopic (exact) mass is 525 g/mol. The molecular weight excluding hydrogens is 497 g/mol. The molecule has 2 amide bonds. The molecule has 4 rings (SSSR count). The number of nitrogens with zero attached hydrogens (tertiary/aromatic N) is 2. The molecule has 2 N–H and O–H groups in total. The second-order valence-corrected chi connectivity index (χ2v) is 8.87. The fourth-order valence-electron chi connectivity index (χ4n) is 4.24. The highest BCUT2D eigenvalue weighted by Crippen LogP contribution is 2.28. The van der Waals surface area contributed by atoms with E-state index in [2.05, 4.69) is 10.3 Å². The van der Waals surface area contributed by atoms with Crippen LogP contribution in [0, 0.1) is 5.82 Å². The molecule has 0 fully saturated rings. The van der Waals surface area contributed by atoms with E-state index in [1.807, 2.05) is 12.1 Å². The van der Waals surface area contributed by atoms with E-state index in [0.717, 1.165) is 5.69 Å². The molecule has 1 aromatic heterocycles. The number of aromatic nitrogens is 1. The summed E-state index contributed by atoms with van der Waals surface area (Å²) < 4.78 is 14.1. The van der Waals surface area contributed by atoms with Crippen LogP contribution in [0.15, 0.2) is 97.2 Å². The van der Waals surface area contributed by atoms with Gasteiger partial charge in [-0.3, -0.25) is 19.4 Å². The molecule has 3 aromatic carbocycles. The van der Waals surface area contributed by atoms with Gasteiger partial charge < -0.3 is 15.3 Å². The van der Waals surface area contributed by atoms with E-state index in [9.17, 15) is 23.9 Å². The van der Waals surface area contributed by atoms with Gasteiger partial charge in [0.05, 0.1) is 6.42 Å². The van der Waals surface area contributed by atoms with Crippen molar-refractivity contribution in [3.63, 3.8) is 0 Å². The first-order chi connectivity index (χ1) is 18.9. The fraction of sp³-hybridized carbons (Fsp3) is 0.161. The zero-order valence-electron chi connectivity index (χ0n) is 21.2. The number of hydrogen-bond acceptors (Lipinski definition) is 4. The Kier molecular flexibility index (Phi) is 9.13. The SMILES string of the molecule is O=C(O)CCN(CCc1ccccn1)C(=O)c1ccccc1-c1ccccc1C(=O)NCc1ccccc1F. The number of benzene rings is 3. The Balaban J connectivity index is 1.61. The van der Waals surface area contributed by atoms with Crippen molar-refractivity contribution in [1.29, 1.82) is 0 Å². The molecule has 0 saturated heterocycles. The molecule has 8 heteroatoms. The zero-order valence-corrected chi connectivity index (χ0v) is 21.2. The lowest BCUT2D eigenvalue weighted by atomic mass is 9.94. The highest BCUT2D eigenvalue weighted by Gasteiger charge is 2.22. The number of amides is 2. The molecule has 4 aromatic rings. The number of pyridine rings is 1. The van der Waals surface area contributed by atoms with Crippen molar-refractivity contribution in [2.75, 3.05) is 13.1 Å². The second-order valence-electron chi connectivity index (χ2n) is 8.87. The van der Waals surface area contributed by atoms with Crippen molar-refractivity contribution in [3.05, 3.63) is 125 Å². The molecule has 39 heavy (non-hydrogen) atoms. The average Bonchev–Trinajstić information content (AvgIpc) is 2.96. The van der Waals surface area contributed by atoms with Crippen molar-refractivity contribution in [3.8, 4) is 11.1 Å². The van der Waals surface area contributed by atoms with Gasteiger partial charge in [0.15, 0.2) is 0 Å². The number of carboxylic acids is 1. The second kappa shape index (κ2) is 13.1. The molecule has 1 heterocycles. The number of nitrogens with one attached hydrogen (secondary N) is 1. The lowest BCUT2D eigenvalue weighted by Crippen LogP contribution is -2.35. The molecule has 0 radical (unpaired) electrons. The minimum Gasteiger partial charge on any atom is -0.481 e. The molecule has 0 spiro atoms. The van der Waals surface area contributed by atoms with Gasteiger partial charge in [0.1, 0.15) is 5.82 Å². The fourth-order valence-corrected chi connectivity index (χ4v) is 4.24. The summed E-state index contributed by atoms with van der Waals surface area (Å²) in [5.41, 5.74) is 2.90.